The fourth-order valence-electron chi connectivity index (χ4n) is 3.62. The SMILES string of the molecule is COCC1(CNS(=O)(=O)c2ccc(OC)c3ccccc23)CCNCC1. The van der Waals surface area contributed by atoms with Crippen LogP contribution in [0, 0.1) is 5.41 Å². The zero-order chi connectivity index (χ0) is 18.6. The topological polar surface area (TPSA) is 76.7 Å². The van der Waals surface area contributed by atoms with Gasteiger partial charge in [0, 0.05) is 29.8 Å². The molecule has 0 aliphatic carbocycles. The van der Waals surface area contributed by atoms with E-state index in [1.807, 2.05) is 24.3 Å². The van der Waals surface area contributed by atoms with E-state index < -0.39 is 10.0 Å². The standard InChI is InChI=1S/C19H26N2O4S/c1-24-14-19(9-11-20-12-10-19)13-21-26(22,23)18-8-7-17(25-2)15-5-3-4-6-16(15)18/h3-8,20-21H,9-14H2,1-2H3. The van der Waals surface area contributed by atoms with Crippen LogP contribution in [0.25, 0.3) is 10.8 Å². The van der Waals surface area contributed by atoms with Gasteiger partial charge in [0.1, 0.15) is 5.75 Å². The van der Waals surface area contributed by atoms with E-state index in [1.54, 1.807) is 26.4 Å². The molecule has 26 heavy (non-hydrogen) atoms. The summed E-state index contributed by atoms with van der Waals surface area (Å²) >= 11 is 0. The average molecular weight is 378 g/mol. The van der Waals surface area contributed by atoms with Crippen LogP contribution in [0.1, 0.15) is 12.8 Å². The Morgan fingerprint density at radius 1 is 1.08 bits per heavy atom. The maximum Gasteiger partial charge on any atom is 0.241 e. The van der Waals surface area contributed by atoms with Crippen LogP contribution in [0.3, 0.4) is 0 Å². The Kier molecular flexibility index (Phi) is 5.82. The van der Waals surface area contributed by atoms with Gasteiger partial charge in [-0.25, -0.2) is 13.1 Å². The molecule has 0 saturated carbocycles. The number of hydrogen-bond donors (Lipinski definition) is 2. The molecule has 0 radical (unpaired) electrons. The number of sulfonamides is 1. The highest BCUT2D eigenvalue weighted by Gasteiger charge is 2.34. The summed E-state index contributed by atoms with van der Waals surface area (Å²) in [6.45, 7) is 2.65. The maximum atomic E-state index is 13.0. The second kappa shape index (κ2) is 7.92. The molecule has 6 nitrogen and oxygen atoms in total. The van der Waals surface area contributed by atoms with Gasteiger partial charge in [-0.1, -0.05) is 24.3 Å². The van der Waals surface area contributed by atoms with Gasteiger partial charge in [-0.05, 0) is 38.1 Å². The van der Waals surface area contributed by atoms with Gasteiger partial charge in [-0.3, -0.25) is 0 Å². The van der Waals surface area contributed by atoms with Crippen LogP contribution < -0.4 is 14.8 Å². The lowest BCUT2D eigenvalue weighted by Crippen LogP contribution is -2.47. The third kappa shape index (κ3) is 3.86. The van der Waals surface area contributed by atoms with E-state index >= 15 is 0 Å². The summed E-state index contributed by atoms with van der Waals surface area (Å²) in [7, 11) is -0.404. The first kappa shape index (κ1) is 19.1. The van der Waals surface area contributed by atoms with Crippen molar-refractivity contribution in [2.45, 2.75) is 17.7 Å². The number of nitrogens with one attached hydrogen (secondary N) is 2. The Morgan fingerprint density at radius 3 is 2.42 bits per heavy atom. The average Bonchev–Trinajstić information content (AvgIpc) is 2.66. The summed E-state index contributed by atoms with van der Waals surface area (Å²) in [5, 5.41) is 4.76. The normalized spacial score (nSPS) is 17.3. The minimum atomic E-state index is -3.65. The first-order chi connectivity index (χ1) is 12.5. The Bertz CT molecular complexity index is 855. The Morgan fingerprint density at radius 2 is 1.77 bits per heavy atom. The van der Waals surface area contributed by atoms with E-state index in [1.165, 1.54) is 0 Å². The first-order valence-electron chi connectivity index (χ1n) is 8.76. The number of benzene rings is 2. The van der Waals surface area contributed by atoms with Gasteiger partial charge in [0.05, 0.1) is 18.6 Å². The number of rotatable bonds is 7. The second-order valence-corrected chi connectivity index (χ2v) is 8.55. The molecule has 1 aliphatic rings. The number of hydrogen-bond acceptors (Lipinski definition) is 5. The lowest BCUT2D eigenvalue weighted by atomic mass is 9.80. The van der Waals surface area contributed by atoms with Gasteiger partial charge in [0.15, 0.2) is 0 Å². The van der Waals surface area contributed by atoms with E-state index in [2.05, 4.69) is 10.0 Å². The summed E-state index contributed by atoms with van der Waals surface area (Å²) in [6.07, 6.45) is 1.76. The van der Waals surface area contributed by atoms with Crippen molar-refractivity contribution in [3.8, 4) is 5.75 Å². The molecule has 3 rings (SSSR count). The van der Waals surface area contributed by atoms with Crippen molar-refractivity contribution in [2.75, 3.05) is 40.5 Å². The van der Waals surface area contributed by atoms with Gasteiger partial charge < -0.3 is 14.8 Å². The molecule has 0 aromatic heterocycles. The van der Waals surface area contributed by atoms with Crippen molar-refractivity contribution in [3.05, 3.63) is 36.4 Å². The molecule has 0 atom stereocenters. The van der Waals surface area contributed by atoms with Crippen molar-refractivity contribution < 1.29 is 17.9 Å². The largest absolute Gasteiger partial charge is 0.496 e. The second-order valence-electron chi connectivity index (χ2n) is 6.82. The monoisotopic (exact) mass is 378 g/mol. The van der Waals surface area contributed by atoms with Crippen LogP contribution in [0.4, 0.5) is 0 Å². The Labute approximate surface area is 154 Å². The fourth-order valence-corrected chi connectivity index (χ4v) is 4.98. The highest BCUT2D eigenvalue weighted by Crippen LogP contribution is 2.32. The minimum absolute atomic E-state index is 0.171. The molecule has 0 spiro atoms. The molecule has 0 bridgehead atoms. The number of ether oxygens (including phenoxy) is 2. The third-order valence-corrected chi connectivity index (χ3v) is 6.56. The summed E-state index contributed by atoms with van der Waals surface area (Å²) in [5.41, 5.74) is -0.171. The fraction of sp³-hybridized carbons (Fsp3) is 0.474. The van der Waals surface area contributed by atoms with Crippen molar-refractivity contribution in [3.63, 3.8) is 0 Å². The maximum absolute atomic E-state index is 13.0. The van der Waals surface area contributed by atoms with E-state index in [9.17, 15) is 8.42 Å². The van der Waals surface area contributed by atoms with Crippen molar-refractivity contribution in [1.29, 1.82) is 0 Å². The summed E-state index contributed by atoms with van der Waals surface area (Å²) in [5.74, 6) is 0.661. The lowest BCUT2D eigenvalue weighted by molar-refractivity contribution is 0.0577. The Balaban J connectivity index is 1.90. The van der Waals surface area contributed by atoms with Gasteiger partial charge >= 0.3 is 0 Å². The van der Waals surface area contributed by atoms with Gasteiger partial charge in [-0.2, -0.15) is 0 Å². The van der Waals surface area contributed by atoms with E-state index in [0.29, 0.717) is 24.3 Å². The molecule has 2 aromatic rings. The van der Waals surface area contributed by atoms with Crippen LogP contribution in [-0.2, 0) is 14.8 Å². The van der Waals surface area contributed by atoms with Crippen LogP contribution in [0.5, 0.6) is 5.75 Å². The zero-order valence-electron chi connectivity index (χ0n) is 15.2. The van der Waals surface area contributed by atoms with Crippen LogP contribution in [0.2, 0.25) is 0 Å². The van der Waals surface area contributed by atoms with Crippen molar-refractivity contribution in [2.24, 2.45) is 5.41 Å². The summed E-state index contributed by atoms with van der Waals surface area (Å²) in [6, 6.07) is 10.7. The predicted octanol–water partition coefficient (Wildman–Crippen LogP) is 2.14. The molecule has 1 saturated heterocycles. The molecule has 0 amide bonds. The number of fused-ring (bicyclic) bond motifs is 1. The lowest BCUT2D eigenvalue weighted by Gasteiger charge is -2.37. The molecular formula is C19H26N2O4S. The van der Waals surface area contributed by atoms with Crippen molar-refractivity contribution in [1.82, 2.24) is 10.0 Å². The van der Waals surface area contributed by atoms with Crippen LogP contribution >= 0.6 is 0 Å². The molecular weight excluding hydrogens is 352 g/mol. The highest BCUT2D eigenvalue weighted by molar-refractivity contribution is 7.89. The predicted molar refractivity (Wildman–Crippen MR) is 102 cm³/mol. The quantitative estimate of drug-likeness (QED) is 0.772. The minimum Gasteiger partial charge on any atom is -0.496 e. The van der Waals surface area contributed by atoms with E-state index in [0.717, 1.165) is 31.3 Å². The van der Waals surface area contributed by atoms with E-state index in [4.69, 9.17) is 9.47 Å². The van der Waals surface area contributed by atoms with E-state index in [-0.39, 0.29) is 10.3 Å². The van der Waals surface area contributed by atoms with Gasteiger partial charge in [-0.15, -0.1) is 0 Å². The molecule has 1 fully saturated rings. The van der Waals surface area contributed by atoms with Crippen LogP contribution in [0.15, 0.2) is 41.3 Å². The molecule has 2 aromatic carbocycles. The molecule has 7 heteroatoms. The Hall–Kier alpha value is -1.67. The summed E-state index contributed by atoms with van der Waals surface area (Å²) in [4.78, 5) is 0.274. The molecule has 142 valence electrons. The number of piperidine rings is 1. The smallest absolute Gasteiger partial charge is 0.241 e. The van der Waals surface area contributed by atoms with Gasteiger partial charge in [0.25, 0.3) is 0 Å². The first-order valence-corrected chi connectivity index (χ1v) is 10.2. The molecule has 2 N–H and O–H groups in total. The van der Waals surface area contributed by atoms with Crippen LogP contribution in [-0.4, -0.2) is 48.9 Å². The summed E-state index contributed by atoms with van der Waals surface area (Å²) < 4.78 is 39.6. The van der Waals surface area contributed by atoms with Gasteiger partial charge in [0.2, 0.25) is 10.0 Å². The molecule has 1 aliphatic heterocycles. The zero-order valence-corrected chi connectivity index (χ0v) is 16.1. The van der Waals surface area contributed by atoms with Crippen molar-refractivity contribution >= 4 is 20.8 Å². The molecule has 0 unspecified atom stereocenters. The molecule has 1 heterocycles. The highest BCUT2D eigenvalue weighted by atomic mass is 32.2. The third-order valence-electron chi connectivity index (χ3n) is 5.11. The number of methoxy groups -OCH3 is 2.